The summed E-state index contributed by atoms with van der Waals surface area (Å²) in [4.78, 5) is 12.3. The molecule has 118 valence electrons. The van der Waals surface area contributed by atoms with Gasteiger partial charge in [-0.1, -0.05) is 35.9 Å². The second-order valence-corrected chi connectivity index (χ2v) is 5.72. The molecule has 0 radical (unpaired) electrons. The number of aliphatic hydroxyl groups excluding tert-OH is 1. The third-order valence-electron chi connectivity index (χ3n) is 3.69. The Bertz CT molecular complexity index is 671. The highest BCUT2D eigenvalue weighted by atomic mass is 35.5. The van der Waals surface area contributed by atoms with E-state index in [1.165, 1.54) is 4.68 Å². The van der Waals surface area contributed by atoms with Crippen molar-refractivity contribution in [2.24, 2.45) is 5.92 Å². The van der Waals surface area contributed by atoms with Crippen LogP contribution in [0.5, 0.6) is 0 Å². The monoisotopic (exact) mass is 322 g/mol. The van der Waals surface area contributed by atoms with E-state index in [9.17, 15) is 4.79 Å². The van der Waals surface area contributed by atoms with Gasteiger partial charge in [-0.3, -0.25) is 4.79 Å². The van der Waals surface area contributed by atoms with Crippen LogP contribution in [-0.2, 0) is 0 Å². The number of hydrogen-bond acceptors (Lipinski definition) is 4. The molecule has 1 aromatic heterocycles. The quantitative estimate of drug-likeness (QED) is 0.882. The lowest BCUT2D eigenvalue weighted by atomic mass is 10.1. The molecule has 0 saturated carbocycles. The van der Waals surface area contributed by atoms with Gasteiger partial charge in [0.1, 0.15) is 0 Å². The van der Waals surface area contributed by atoms with Crippen molar-refractivity contribution in [2.45, 2.75) is 26.8 Å². The Balaban J connectivity index is 2.25. The molecule has 22 heavy (non-hydrogen) atoms. The van der Waals surface area contributed by atoms with Crippen LogP contribution in [0.25, 0.3) is 5.69 Å². The van der Waals surface area contributed by atoms with E-state index in [-0.39, 0.29) is 30.2 Å². The highest BCUT2D eigenvalue weighted by Gasteiger charge is 2.21. The van der Waals surface area contributed by atoms with Gasteiger partial charge >= 0.3 is 0 Å². The smallest absolute Gasteiger partial charge is 0.273 e. The highest BCUT2D eigenvalue weighted by molar-refractivity contribution is 6.32. The third-order valence-corrected chi connectivity index (χ3v) is 4.01. The maximum atomic E-state index is 12.3. The Labute approximate surface area is 134 Å². The Kier molecular flexibility index (Phi) is 5.15. The van der Waals surface area contributed by atoms with E-state index < -0.39 is 0 Å². The zero-order valence-corrected chi connectivity index (χ0v) is 13.5. The first-order valence-electron chi connectivity index (χ1n) is 7.04. The molecule has 0 aliphatic rings. The molecule has 6 nitrogen and oxygen atoms in total. The molecule has 0 aliphatic carbocycles. The fourth-order valence-electron chi connectivity index (χ4n) is 1.97. The first-order valence-corrected chi connectivity index (χ1v) is 7.42. The van der Waals surface area contributed by atoms with Crippen LogP contribution in [0.15, 0.2) is 24.3 Å². The predicted molar refractivity (Wildman–Crippen MR) is 84.3 cm³/mol. The Morgan fingerprint density at radius 1 is 1.41 bits per heavy atom. The summed E-state index contributed by atoms with van der Waals surface area (Å²) < 4.78 is 1.54. The summed E-state index contributed by atoms with van der Waals surface area (Å²) in [5.74, 6) is -0.355. The lowest BCUT2D eigenvalue weighted by molar-refractivity contribution is 0.0910. The standard InChI is InChI=1S/C15H19ClN4O2/c1-9(8-21)10(2)17-15(22)14-11(3)20(19-18-14)13-7-5-4-6-12(13)16/h4-7,9-10,21H,8H2,1-3H3,(H,17,22). The third kappa shape index (κ3) is 3.28. The van der Waals surface area contributed by atoms with Crippen LogP contribution in [0, 0.1) is 12.8 Å². The molecule has 0 saturated heterocycles. The molecule has 2 N–H and O–H groups in total. The number of amides is 1. The second-order valence-electron chi connectivity index (χ2n) is 5.31. The number of benzene rings is 1. The number of halogens is 1. The fraction of sp³-hybridized carbons (Fsp3) is 0.400. The van der Waals surface area contributed by atoms with Crippen LogP contribution >= 0.6 is 11.6 Å². The van der Waals surface area contributed by atoms with Crippen LogP contribution in [-0.4, -0.2) is 38.7 Å². The molecule has 2 rings (SSSR count). The number of nitrogens with one attached hydrogen (secondary N) is 1. The predicted octanol–water partition coefficient (Wildman–Crippen LogP) is 1.98. The minimum atomic E-state index is -0.316. The van der Waals surface area contributed by atoms with Gasteiger partial charge in [0, 0.05) is 12.6 Å². The van der Waals surface area contributed by atoms with E-state index in [1.54, 1.807) is 13.0 Å². The van der Waals surface area contributed by atoms with Crippen LogP contribution in [0.1, 0.15) is 30.0 Å². The van der Waals surface area contributed by atoms with E-state index >= 15 is 0 Å². The van der Waals surface area contributed by atoms with E-state index in [4.69, 9.17) is 16.7 Å². The van der Waals surface area contributed by atoms with Crippen molar-refractivity contribution in [2.75, 3.05) is 6.61 Å². The molecule has 2 atom stereocenters. The van der Waals surface area contributed by atoms with E-state index in [0.717, 1.165) is 0 Å². The lowest BCUT2D eigenvalue weighted by Crippen LogP contribution is -2.38. The molecule has 1 heterocycles. The Morgan fingerprint density at radius 2 is 2.09 bits per heavy atom. The van der Waals surface area contributed by atoms with Crippen LogP contribution < -0.4 is 5.32 Å². The second kappa shape index (κ2) is 6.89. The summed E-state index contributed by atoms with van der Waals surface area (Å²) in [6.45, 7) is 5.47. The molecular formula is C15H19ClN4O2. The normalized spacial score (nSPS) is 13.7. The van der Waals surface area contributed by atoms with Gasteiger partial charge in [0.15, 0.2) is 5.69 Å². The van der Waals surface area contributed by atoms with Crippen molar-refractivity contribution in [1.29, 1.82) is 0 Å². The molecule has 0 spiro atoms. The topological polar surface area (TPSA) is 80.0 Å². The highest BCUT2D eigenvalue weighted by Crippen LogP contribution is 2.21. The van der Waals surface area contributed by atoms with Gasteiger partial charge in [0.2, 0.25) is 0 Å². The number of aliphatic hydroxyl groups is 1. The number of carbonyl (C=O) groups excluding carboxylic acids is 1. The van der Waals surface area contributed by atoms with Crippen molar-refractivity contribution in [3.8, 4) is 5.69 Å². The summed E-state index contributed by atoms with van der Waals surface area (Å²) >= 11 is 6.15. The van der Waals surface area contributed by atoms with Crippen molar-refractivity contribution >= 4 is 17.5 Å². The summed E-state index contributed by atoms with van der Waals surface area (Å²) in [6, 6.07) is 7.06. The van der Waals surface area contributed by atoms with E-state index in [2.05, 4.69) is 15.6 Å². The van der Waals surface area contributed by atoms with Gasteiger partial charge < -0.3 is 10.4 Å². The molecule has 1 aromatic carbocycles. The van der Waals surface area contributed by atoms with Crippen molar-refractivity contribution in [3.05, 3.63) is 40.7 Å². The molecular weight excluding hydrogens is 304 g/mol. The molecule has 2 aromatic rings. The Morgan fingerprint density at radius 3 is 2.73 bits per heavy atom. The minimum absolute atomic E-state index is 0.00669. The van der Waals surface area contributed by atoms with Crippen molar-refractivity contribution < 1.29 is 9.90 Å². The maximum absolute atomic E-state index is 12.3. The number of rotatable bonds is 5. The summed E-state index contributed by atoms with van der Waals surface area (Å²) in [5, 5.41) is 20.4. The molecule has 2 unspecified atom stereocenters. The number of para-hydroxylation sites is 1. The van der Waals surface area contributed by atoms with Crippen molar-refractivity contribution in [1.82, 2.24) is 20.3 Å². The van der Waals surface area contributed by atoms with E-state index in [1.807, 2.05) is 32.0 Å². The van der Waals surface area contributed by atoms with Crippen LogP contribution in [0.2, 0.25) is 5.02 Å². The number of aromatic nitrogens is 3. The summed E-state index contributed by atoms with van der Waals surface area (Å²) in [7, 11) is 0. The molecule has 0 aliphatic heterocycles. The first kappa shape index (κ1) is 16.5. The van der Waals surface area contributed by atoms with Crippen LogP contribution in [0.3, 0.4) is 0 Å². The fourth-order valence-corrected chi connectivity index (χ4v) is 2.18. The maximum Gasteiger partial charge on any atom is 0.273 e. The summed E-state index contributed by atoms with van der Waals surface area (Å²) in [6.07, 6.45) is 0. The first-order chi connectivity index (χ1) is 10.5. The number of hydrogen-bond donors (Lipinski definition) is 2. The number of carbonyl (C=O) groups is 1. The summed E-state index contributed by atoms with van der Waals surface area (Å²) in [5.41, 5.74) is 1.52. The van der Waals surface area contributed by atoms with Crippen molar-refractivity contribution in [3.63, 3.8) is 0 Å². The van der Waals surface area contributed by atoms with E-state index in [0.29, 0.717) is 16.4 Å². The average molecular weight is 323 g/mol. The lowest BCUT2D eigenvalue weighted by Gasteiger charge is -2.18. The zero-order chi connectivity index (χ0) is 16.3. The average Bonchev–Trinajstić information content (AvgIpc) is 2.88. The molecule has 0 bridgehead atoms. The zero-order valence-electron chi connectivity index (χ0n) is 12.7. The number of nitrogens with zero attached hydrogens (tertiary/aromatic N) is 3. The Hall–Kier alpha value is -1.92. The van der Waals surface area contributed by atoms with Gasteiger partial charge in [0.25, 0.3) is 5.91 Å². The van der Waals surface area contributed by atoms with Crippen LogP contribution in [0.4, 0.5) is 0 Å². The molecule has 1 amide bonds. The molecule has 7 heteroatoms. The van der Waals surface area contributed by atoms with Gasteiger partial charge in [-0.2, -0.15) is 0 Å². The van der Waals surface area contributed by atoms with Gasteiger partial charge in [-0.15, -0.1) is 5.10 Å². The SMILES string of the molecule is Cc1c(C(=O)NC(C)C(C)CO)nnn1-c1ccccc1Cl. The molecule has 0 fully saturated rings. The van der Waals surface area contributed by atoms with Gasteiger partial charge in [-0.05, 0) is 31.9 Å². The van der Waals surface area contributed by atoms with Gasteiger partial charge in [0.05, 0.1) is 16.4 Å². The van der Waals surface area contributed by atoms with Gasteiger partial charge in [-0.25, -0.2) is 4.68 Å². The largest absolute Gasteiger partial charge is 0.396 e. The minimum Gasteiger partial charge on any atom is -0.396 e.